The van der Waals surface area contributed by atoms with Crippen LogP contribution in [0.15, 0.2) is 24.3 Å². The van der Waals surface area contributed by atoms with Crippen LogP contribution < -0.4 is 9.47 Å². The van der Waals surface area contributed by atoms with Crippen molar-refractivity contribution in [2.45, 2.75) is 13.8 Å². The number of carbonyl (C=O) groups excluding carboxylic acids is 2. The first-order chi connectivity index (χ1) is 8.65. The molecule has 0 saturated heterocycles. The number of carbonyl (C=O) groups is 2. The average Bonchev–Trinajstić information content (AvgIpc) is 2.29. The Labute approximate surface area is 114 Å². The lowest BCUT2D eigenvalue weighted by atomic mass is 10.3. The van der Waals surface area contributed by atoms with Crippen LogP contribution >= 0.6 is 23.5 Å². The molecule has 0 fully saturated rings. The highest BCUT2D eigenvalue weighted by atomic mass is 32.2. The van der Waals surface area contributed by atoms with E-state index in [1.807, 2.05) is 13.8 Å². The Morgan fingerprint density at radius 2 is 1.44 bits per heavy atom. The molecule has 0 amide bonds. The van der Waals surface area contributed by atoms with Crippen LogP contribution in [0.5, 0.6) is 11.5 Å². The zero-order chi connectivity index (χ0) is 13.4. The van der Waals surface area contributed by atoms with E-state index in [1.165, 1.54) is 6.07 Å². The van der Waals surface area contributed by atoms with Crippen molar-refractivity contribution < 1.29 is 19.1 Å². The summed E-state index contributed by atoms with van der Waals surface area (Å²) >= 11 is 2.16. The zero-order valence-electron chi connectivity index (χ0n) is 10.2. The van der Waals surface area contributed by atoms with Crippen LogP contribution in [0.2, 0.25) is 0 Å². The number of hydrogen-bond donors (Lipinski definition) is 0. The molecule has 0 heterocycles. The predicted octanol–water partition coefficient (Wildman–Crippen LogP) is 4.19. The molecule has 0 bridgehead atoms. The van der Waals surface area contributed by atoms with Gasteiger partial charge >= 0.3 is 10.6 Å². The molecule has 0 aromatic heterocycles. The van der Waals surface area contributed by atoms with E-state index in [1.54, 1.807) is 18.2 Å². The average molecular weight is 286 g/mol. The van der Waals surface area contributed by atoms with Crippen molar-refractivity contribution in [2.24, 2.45) is 0 Å². The number of rotatable bonds is 4. The third-order valence-electron chi connectivity index (χ3n) is 1.73. The molecule has 1 rings (SSSR count). The quantitative estimate of drug-likeness (QED) is 0.773. The molecule has 0 aliphatic heterocycles. The summed E-state index contributed by atoms with van der Waals surface area (Å²) in [5.74, 6) is 2.04. The van der Waals surface area contributed by atoms with E-state index in [9.17, 15) is 9.59 Å². The highest BCUT2D eigenvalue weighted by Gasteiger charge is 2.08. The van der Waals surface area contributed by atoms with Crippen LogP contribution in [0.25, 0.3) is 0 Å². The van der Waals surface area contributed by atoms with Gasteiger partial charge in [-0.15, -0.1) is 0 Å². The van der Waals surface area contributed by atoms with E-state index < -0.39 is 0 Å². The molecule has 0 spiro atoms. The summed E-state index contributed by atoms with van der Waals surface area (Å²) in [6, 6.07) is 6.46. The van der Waals surface area contributed by atoms with E-state index in [4.69, 9.17) is 9.47 Å². The largest absolute Gasteiger partial charge is 0.418 e. The molecule has 18 heavy (non-hydrogen) atoms. The zero-order valence-corrected chi connectivity index (χ0v) is 11.8. The summed E-state index contributed by atoms with van der Waals surface area (Å²) in [7, 11) is 0. The van der Waals surface area contributed by atoms with Crippen molar-refractivity contribution in [1.29, 1.82) is 0 Å². The van der Waals surface area contributed by atoms with Crippen molar-refractivity contribution in [3.63, 3.8) is 0 Å². The second kappa shape index (κ2) is 8.05. The van der Waals surface area contributed by atoms with Crippen LogP contribution in [0.3, 0.4) is 0 Å². The SMILES string of the molecule is CCSC(=O)Oc1cccc(OC(=O)SCC)c1. The second-order valence-corrected chi connectivity index (χ2v) is 5.44. The molecule has 0 radical (unpaired) electrons. The van der Waals surface area contributed by atoms with E-state index in [-0.39, 0.29) is 10.6 Å². The first-order valence-electron chi connectivity index (χ1n) is 5.45. The van der Waals surface area contributed by atoms with E-state index >= 15 is 0 Å². The second-order valence-electron chi connectivity index (χ2n) is 3.05. The topological polar surface area (TPSA) is 52.6 Å². The van der Waals surface area contributed by atoms with Crippen molar-refractivity contribution in [1.82, 2.24) is 0 Å². The van der Waals surface area contributed by atoms with Gasteiger partial charge in [-0.3, -0.25) is 0 Å². The standard InChI is InChI=1S/C12H14O4S2/c1-3-17-11(13)15-9-6-5-7-10(8-9)16-12(14)18-4-2/h5-8H,3-4H2,1-2H3. The molecule has 0 atom stereocenters. The molecule has 98 valence electrons. The van der Waals surface area contributed by atoms with Gasteiger partial charge in [-0.05, 0) is 35.7 Å². The summed E-state index contributed by atoms with van der Waals surface area (Å²) in [6.45, 7) is 3.73. The van der Waals surface area contributed by atoms with Crippen LogP contribution in [0.1, 0.15) is 13.8 Å². The van der Waals surface area contributed by atoms with Crippen molar-refractivity contribution in [2.75, 3.05) is 11.5 Å². The third kappa shape index (κ3) is 5.46. The maximum absolute atomic E-state index is 11.3. The van der Waals surface area contributed by atoms with Crippen LogP contribution in [-0.4, -0.2) is 22.1 Å². The van der Waals surface area contributed by atoms with Gasteiger partial charge in [0.05, 0.1) is 0 Å². The normalized spacial score (nSPS) is 9.89. The van der Waals surface area contributed by atoms with Gasteiger partial charge in [0.25, 0.3) is 0 Å². The van der Waals surface area contributed by atoms with Gasteiger partial charge in [0.2, 0.25) is 0 Å². The molecule has 1 aromatic rings. The summed E-state index contributed by atoms with van der Waals surface area (Å²) < 4.78 is 10.1. The minimum Gasteiger partial charge on any atom is -0.418 e. The van der Waals surface area contributed by atoms with Gasteiger partial charge in [0, 0.05) is 17.6 Å². The fourth-order valence-electron chi connectivity index (χ4n) is 1.09. The number of ether oxygens (including phenoxy) is 2. The summed E-state index contributed by atoms with van der Waals surface area (Å²) in [5, 5.41) is -0.743. The van der Waals surface area contributed by atoms with Gasteiger partial charge in [-0.25, -0.2) is 9.59 Å². The molecule has 4 nitrogen and oxygen atoms in total. The van der Waals surface area contributed by atoms with E-state index in [0.717, 1.165) is 23.5 Å². The monoisotopic (exact) mass is 286 g/mol. The van der Waals surface area contributed by atoms with E-state index in [2.05, 4.69) is 0 Å². The fraction of sp³-hybridized carbons (Fsp3) is 0.333. The van der Waals surface area contributed by atoms with Crippen molar-refractivity contribution in [3.05, 3.63) is 24.3 Å². The number of hydrogen-bond acceptors (Lipinski definition) is 6. The molecular formula is C12H14O4S2. The first-order valence-corrected chi connectivity index (χ1v) is 7.42. The Morgan fingerprint density at radius 3 is 1.83 bits per heavy atom. The van der Waals surface area contributed by atoms with Gasteiger partial charge < -0.3 is 9.47 Å². The molecule has 0 aliphatic carbocycles. The fourth-order valence-corrected chi connectivity index (χ4v) is 1.87. The van der Waals surface area contributed by atoms with Crippen LogP contribution in [0, 0.1) is 0 Å². The number of benzene rings is 1. The molecule has 0 aliphatic rings. The Balaban J connectivity index is 2.61. The molecule has 6 heteroatoms. The Hall–Kier alpha value is -1.14. The minimum absolute atomic E-state index is 0.368. The van der Waals surface area contributed by atoms with E-state index in [0.29, 0.717) is 23.0 Å². The highest BCUT2D eigenvalue weighted by Crippen LogP contribution is 2.22. The third-order valence-corrected chi connectivity index (χ3v) is 2.95. The Morgan fingerprint density at radius 1 is 1.00 bits per heavy atom. The maximum Gasteiger partial charge on any atom is 0.372 e. The minimum atomic E-state index is -0.371. The molecule has 0 N–H and O–H groups in total. The Kier molecular flexibility index (Phi) is 6.67. The summed E-state index contributed by atoms with van der Waals surface area (Å²) in [4.78, 5) is 22.6. The lowest BCUT2D eigenvalue weighted by molar-refractivity contribution is 0.225. The molecular weight excluding hydrogens is 272 g/mol. The van der Waals surface area contributed by atoms with Gasteiger partial charge in [0.15, 0.2) is 0 Å². The summed E-state index contributed by atoms with van der Waals surface area (Å²) in [5.41, 5.74) is 0. The van der Waals surface area contributed by atoms with Gasteiger partial charge in [0.1, 0.15) is 11.5 Å². The summed E-state index contributed by atoms with van der Waals surface area (Å²) in [6.07, 6.45) is 0. The Bertz CT molecular complexity index is 385. The van der Waals surface area contributed by atoms with Crippen LogP contribution in [0.4, 0.5) is 9.59 Å². The highest BCUT2D eigenvalue weighted by molar-refractivity contribution is 8.13. The predicted molar refractivity (Wildman–Crippen MR) is 74.8 cm³/mol. The maximum atomic E-state index is 11.3. The molecule has 1 aromatic carbocycles. The van der Waals surface area contributed by atoms with Gasteiger partial charge in [-0.1, -0.05) is 19.9 Å². The lowest BCUT2D eigenvalue weighted by Gasteiger charge is -2.06. The van der Waals surface area contributed by atoms with Crippen molar-refractivity contribution >= 4 is 34.1 Å². The molecule has 0 unspecified atom stereocenters. The van der Waals surface area contributed by atoms with Crippen LogP contribution in [-0.2, 0) is 0 Å². The van der Waals surface area contributed by atoms with Crippen molar-refractivity contribution in [3.8, 4) is 11.5 Å². The number of thioether (sulfide) groups is 2. The molecule has 0 saturated carbocycles. The van der Waals surface area contributed by atoms with Gasteiger partial charge in [-0.2, -0.15) is 0 Å². The smallest absolute Gasteiger partial charge is 0.372 e. The lowest BCUT2D eigenvalue weighted by Crippen LogP contribution is -2.03. The first kappa shape index (κ1) is 14.9.